The maximum absolute atomic E-state index is 12.6. The molecule has 0 spiro atoms. The van der Waals surface area contributed by atoms with Crippen LogP contribution >= 0.6 is 0 Å². The van der Waals surface area contributed by atoms with E-state index in [-0.39, 0.29) is 10.6 Å². The van der Waals surface area contributed by atoms with Gasteiger partial charge < -0.3 is 19.7 Å². The SMILES string of the molecule is COc1cccc([C@@]23CCN(CCc4ccccc4)C[C@@]2(O)Cc2c([nH]c4c([N+](=O)[O-])cccc24)C3)c1. The third-order valence-corrected chi connectivity index (χ3v) is 8.56. The van der Waals surface area contributed by atoms with Crippen molar-refractivity contribution in [2.45, 2.75) is 36.7 Å². The molecule has 1 aliphatic carbocycles. The number of benzene rings is 3. The molecule has 0 unspecified atom stereocenters. The van der Waals surface area contributed by atoms with Crippen molar-refractivity contribution in [1.29, 1.82) is 0 Å². The Morgan fingerprint density at radius 3 is 2.68 bits per heavy atom. The van der Waals surface area contributed by atoms with E-state index in [2.05, 4.69) is 40.2 Å². The van der Waals surface area contributed by atoms with E-state index < -0.39 is 11.0 Å². The van der Waals surface area contributed by atoms with Gasteiger partial charge in [-0.1, -0.05) is 54.6 Å². The summed E-state index contributed by atoms with van der Waals surface area (Å²) in [6.45, 7) is 2.27. The molecule has 7 heteroatoms. The average molecular weight is 498 g/mol. The molecule has 3 aromatic carbocycles. The summed E-state index contributed by atoms with van der Waals surface area (Å²) in [6, 6.07) is 23.7. The molecule has 190 valence electrons. The first-order valence-electron chi connectivity index (χ1n) is 12.8. The third-order valence-electron chi connectivity index (χ3n) is 8.56. The summed E-state index contributed by atoms with van der Waals surface area (Å²) in [4.78, 5) is 17.2. The Hall–Kier alpha value is -3.68. The van der Waals surface area contributed by atoms with Crippen LogP contribution in [0.2, 0.25) is 0 Å². The number of nitrogens with one attached hydrogen (secondary N) is 1. The van der Waals surface area contributed by atoms with Gasteiger partial charge in [0.15, 0.2) is 0 Å². The van der Waals surface area contributed by atoms with E-state index in [1.165, 1.54) is 11.6 Å². The van der Waals surface area contributed by atoms with Crippen molar-refractivity contribution >= 4 is 16.6 Å². The van der Waals surface area contributed by atoms with Gasteiger partial charge in [0.25, 0.3) is 5.69 Å². The number of nitro groups is 1. The molecule has 0 amide bonds. The molecule has 2 atom stereocenters. The van der Waals surface area contributed by atoms with Crippen LogP contribution in [0.1, 0.15) is 28.8 Å². The summed E-state index contributed by atoms with van der Waals surface area (Å²) in [5.41, 5.74) is 3.35. The van der Waals surface area contributed by atoms with Crippen molar-refractivity contribution in [1.82, 2.24) is 9.88 Å². The van der Waals surface area contributed by atoms with E-state index in [4.69, 9.17) is 4.74 Å². The van der Waals surface area contributed by atoms with Gasteiger partial charge in [0.1, 0.15) is 11.3 Å². The highest BCUT2D eigenvalue weighted by atomic mass is 16.6. The molecular weight excluding hydrogens is 466 g/mol. The van der Waals surface area contributed by atoms with E-state index in [0.29, 0.717) is 24.9 Å². The van der Waals surface area contributed by atoms with Gasteiger partial charge in [-0.2, -0.15) is 0 Å². The van der Waals surface area contributed by atoms with Gasteiger partial charge in [-0.15, -0.1) is 0 Å². The monoisotopic (exact) mass is 497 g/mol. The number of rotatable bonds is 6. The first-order chi connectivity index (χ1) is 17.9. The molecule has 6 rings (SSSR count). The Kier molecular flexibility index (Phi) is 5.77. The van der Waals surface area contributed by atoms with Gasteiger partial charge in [0.05, 0.1) is 17.6 Å². The molecule has 37 heavy (non-hydrogen) atoms. The quantitative estimate of drug-likeness (QED) is 0.295. The van der Waals surface area contributed by atoms with Crippen LogP contribution in [0.4, 0.5) is 5.69 Å². The number of likely N-dealkylation sites (tertiary alicyclic amines) is 1. The van der Waals surface area contributed by atoms with Gasteiger partial charge in [-0.3, -0.25) is 10.1 Å². The molecule has 0 bridgehead atoms. The van der Waals surface area contributed by atoms with E-state index in [1.54, 1.807) is 13.2 Å². The van der Waals surface area contributed by atoms with Crippen molar-refractivity contribution in [3.8, 4) is 5.75 Å². The number of H-pyrrole nitrogens is 1. The number of nitro benzene ring substituents is 1. The van der Waals surface area contributed by atoms with Gasteiger partial charge in [0.2, 0.25) is 0 Å². The van der Waals surface area contributed by atoms with E-state index in [0.717, 1.165) is 53.9 Å². The van der Waals surface area contributed by atoms with Crippen LogP contribution < -0.4 is 4.74 Å². The first kappa shape index (κ1) is 23.7. The summed E-state index contributed by atoms with van der Waals surface area (Å²) in [5, 5.41) is 25.2. The fraction of sp³-hybridized carbons (Fsp3) is 0.333. The van der Waals surface area contributed by atoms with E-state index in [9.17, 15) is 15.2 Å². The number of para-hydroxylation sites is 1. The number of hydrogen-bond acceptors (Lipinski definition) is 5. The van der Waals surface area contributed by atoms with Crippen molar-refractivity contribution < 1.29 is 14.8 Å². The molecule has 0 saturated carbocycles. The molecule has 2 heterocycles. The topological polar surface area (TPSA) is 91.6 Å². The van der Waals surface area contributed by atoms with Gasteiger partial charge in [-0.25, -0.2) is 0 Å². The fourth-order valence-corrected chi connectivity index (χ4v) is 6.63. The molecule has 1 saturated heterocycles. The Morgan fingerprint density at radius 2 is 1.89 bits per heavy atom. The Morgan fingerprint density at radius 1 is 1.08 bits per heavy atom. The highest BCUT2D eigenvalue weighted by Gasteiger charge is 2.57. The predicted molar refractivity (Wildman–Crippen MR) is 143 cm³/mol. The summed E-state index contributed by atoms with van der Waals surface area (Å²) < 4.78 is 5.55. The van der Waals surface area contributed by atoms with Crippen molar-refractivity contribution in [3.63, 3.8) is 0 Å². The second-order valence-electron chi connectivity index (χ2n) is 10.5. The Balaban J connectivity index is 1.42. The smallest absolute Gasteiger partial charge is 0.293 e. The van der Waals surface area contributed by atoms with Crippen LogP contribution in [-0.4, -0.2) is 52.3 Å². The lowest BCUT2D eigenvalue weighted by molar-refractivity contribution is -0.383. The molecule has 1 fully saturated rings. The summed E-state index contributed by atoms with van der Waals surface area (Å²) in [5.74, 6) is 0.763. The van der Waals surface area contributed by atoms with Crippen molar-refractivity contribution in [2.75, 3.05) is 26.7 Å². The molecule has 1 aliphatic heterocycles. The van der Waals surface area contributed by atoms with Gasteiger partial charge >= 0.3 is 0 Å². The third kappa shape index (κ3) is 3.90. The first-order valence-corrected chi connectivity index (χ1v) is 12.8. The minimum absolute atomic E-state index is 0.0711. The summed E-state index contributed by atoms with van der Waals surface area (Å²) >= 11 is 0. The Labute approximate surface area is 215 Å². The molecule has 2 aliphatic rings. The van der Waals surface area contributed by atoms with Crippen molar-refractivity contribution in [3.05, 3.63) is 105 Å². The zero-order valence-corrected chi connectivity index (χ0v) is 20.9. The van der Waals surface area contributed by atoms with E-state index in [1.807, 2.05) is 30.3 Å². The lowest BCUT2D eigenvalue weighted by Gasteiger charge is -2.56. The highest BCUT2D eigenvalue weighted by molar-refractivity contribution is 5.92. The number of hydrogen-bond donors (Lipinski definition) is 2. The average Bonchev–Trinajstić information content (AvgIpc) is 3.27. The van der Waals surface area contributed by atoms with Gasteiger partial charge in [0, 0.05) is 48.5 Å². The fourth-order valence-electron chi connectivity index (χ4n) is 6.63. The van der Waals surface area contributed by atoms with Crippen LogP contribution in [0.25, 0.3) is 10.9 Å². The molecule has 0 radical (unpaired) electrons. The molecule has 4 aromatic rings. The number of β-amino-alcohol motifs (C(OH)–C–C–N with tert-alkyl or cyclic N) is 1. The number of aromatic nitrogens is 1. The number of aromatic amines is 1. The molecule has 2 N–H and O–H groups in total. The second-order valence-corrected chi connectivity index (χ2v) is 10.5. The lowest BCUT2D eigenvalue weighted by atomic mass is 9.56. The predicted octanol–water partition coefficient (Wildman–Crippen LogP) is 4.80. The molecule has 1 aromatic heterocycles. The number of non-ortho nitro benzene ring substituents is 1. The van der Waals surface area contributed by atoms with E-state index >= 15 is 0 Å². The minimum Gasteiger partial charge on any atom is -0.497 e. The normalized spacial score (nSPS) is 23.4. The second kappa shape index (κ2) is 9.01. The number of aliphatic hydroxyl groups is 1. The minimum atomic E-state index is -1.04. The van der Waals surface area contributed by atoms with Gasteiger partial charge in [-0.05, 0) is 48.2 Å². The zero-order chi connectivity index (χ0) is 25.6. The zero-order valence-electron chi connectivity index (χ0n) is 20.9. The molecular formula is C30H31N3O4. The summed E-state index contributed by atoms with van der Waals surface area (Å²) in [7, 11) is 1.66. The Bertz CT molecular complexity index is 1470. The van der Waals surface area contributed by atoms with Crippen LogP contribution in [0.15, 0.2) is 72.8 Å². The van der Waals surface area contributed by atoms with Crippen molar-refractivity contribution in [2.24, 2.45) is 0 Å². The van der Waals surface area contributed by atoms with Crippen LogP contribution in [0.5, 0.6) is 5.75 Å². The number of nitrogens with zero attached hydrogens (tertiary/aromatic N) is 2. The van der Waals surface area contributed by atoms with Crippen LogP contribution in [-0.2, 0) is 24.7 Å². The number of methoxy groups -OCH3 is 1. The largest absolute Gasteiger partial charge is 0.497 e. The molecule has 7 nitrogen and oxygen atoms in total. The van der Waals surface area contributed by atoms with Crippen LogP contribution in [0.3, 0.4) is 0 Å². The summed E-state index contributed by atoms with van der Waals surface area (Å²) in [6.07, 6.45) is 2.73. The van der Waals surface area contributed by atoms with Crippen LogP contribution in [0, 0.1) is 10.1 Å². The lowest BCUT2D eigenvalue weighted by Crippen LogP contribution is -2.66. The number of piperidine rings is 1. The highest BCUT2D eigenvalue weighted by Crippen LogP contribution is 2.52. The maximum atomic E-state index is 12.6. The number of ether oxygens (including phenoxy) is 1. The maximum Gasteiger partial charge on any atom is 0.293 e. The standard InChI is InChI=1S/C30H31N3O4/c1-37-23-10-5-9-22(17-23)29-14-16-32(15-13-21-7-3-2-4-8-21)20-30(29,34)18-25-24-11-6-12-27(33(35)36)28(24)31-26(25)19-29/h2-12,17,31,34H,13-16,18-20H2,1H3/t29-,30-/m0/s1. The number of fused-ring (bicyclic) bond motifs is 4.